The zero-order valence-electron chi connectivity index (χ0n) is 13.1. The van der Waals surface area contributed by atoms with Crippen LogP contribution in [0.1, 0.15) is 10.4 Å². The molecule has 1 amide bonds. The second-order valence-corrected chi connectivity index (χ2v) is 6.06. The van der Waals surface area contributed by atoms with Crippen LogP contribution in [0.5, 0.6) is 0 Å². The fraction of sp³-hybridized carbons (Fsp3) is 0. The van der Waals surface area contributed by atoms with Gasteiger partial charge in [-0.3, -0.25) is 9.78 Å². The maximum absolute atomic E-state index is 13.3. The lowest BCUT2D eigenvalue weighted by Crippen LogP contribution is -2.13. The van der Waals surface area contributed by atoms with Crippen molar-refractivity contribution < 1.29 is 13.6 Å². The topological polar surface area (TPSA) is 54.0 Å². The number of nitrogens with zero attached hydrogens (tertiary/aromatic N) is 1. The molecule has 0 saturated carbocycles. The number of pyridine rings is 1. The van der Waals surface area contributed by atoms with Crippen LogP contribution >= 0.6 is 23.2 Å². The maximum atomic E-state index is 13.3. The van der Waals surface area contributed by atoms with E-state index in [4.69, 9.17) is 23.2 Å². The van der Waals surface area contributed by atoms with Crippen LogP contribution in [0.15, 0.2) is 54.9 Å². The molecular weight excluding hydrogens is 383 g/mol. The van der Waals surface area contributed by atoms with Gasteiger partial charge in [0, 0.05) is 18.0 Å². The summed E-state index contributed by atoms with van der Waals surface area (Å²) in [6.07, 6.45) is 2.81. The summed E-state index contributed by atoms with van der Waals surface area (Å²) in [5.41, 5.74) is 1.36. The van der Waals surface area contributed by atoms with E-state index in [2.05, 4.69) is 15.6 Å². The van der Waals surface area contributed by atoms with Crippen molar-refractivity contribution in [3.63, 3.8) is 0 Å². The molecule has 2 aromatic carbocycles. The number of rotatable bonds is 4. The Labute approximate surface area is 157 Å². The van der Waals surface area contributed by atoms with Gasteiger partial charge in [0.25, 0.3) is 5.91 Å². The summed E-state index contributed by atoms with van der Waals surface area (Å²) in [5, 5.41) is 6.04. The van der Waals surface area contributed by atoms with Crippen LogP contribution in [0.25, 0.3) is 0 Å². The van der Waals surface area contributed by atoms with Crippen molar-refractivity contribution in [3.8, 4) is 0 Å². The maximum Gasteiger partial charge on any atom is 0.257 e. The van der Waals surface area contributed by atoms with Crippen molar-refractivity contribution in [2.75, 3.05) is 10.6 Å². The van der Waals surface area contributed by atoms with Crippen LogP contribution in [0.3, 0.4) is 0 Å². The highest BCUT2D eigenvalue weighted by atomic mass is 35.5. The smallest absolute Gasteiger partial charge is 0.257 e. The molecule has 132 valence electrons. The second-order valence-electron chi connectivity index (χ2n) is 5.27. The van der Waals surface area contributed by atoms with E-state index in [-0.39, 0.29) is 10.6 Å². The zero-order chi connectivity index (χ0) is 18.7. The number of carbonyl (C=O) groups is 1. The zero-order valence-corrected chi connectivity index (χ0v) is 14.6. The molecule has 1 aromatic heterocycles. The number of hydrogen-bond donors (Lipinski definition) is 2. The first-order valence-electron chi connectivity index (χ1n) is 7.36. The average Bonchev–Trinajstić information content (AvgIpc) is 2.62. The molecule has 0 fully saturated rings. The third kappa shape index (κ3) is 4.09. The first kappa shape index (κ1) is 18.1. The summed E-state index contributed by atoms with van der Waals surface area (Å²) in [6, 6.07) is 9.77. The molecule has 4 nitrogen and oxygen atoms in total. The molecule has 0 atom stereocenters. The molecule has 1 heterocycles. The van der Waals surface area contributed by atoms with Crippen molar-refractivity contribution in [1.29, 1.82) is 0 Å². The van der Waals surface area contributed by atoms with Crippen molar-refractivity contribution >= 4 is 46.2 Å². The molecule has 26 heavy (non-hydrogen) atoms. The highest BCUT2D eigenvalue weighted by molar-refractivity contribution is 6.44. The van der Waals surface area contributed by atoms with Crippen LogP contribution in [-0.2, 0) is 0 Å². The normalized spacial score (nSPS) is 10.5. The number of anilines is 3. The minimum atomic E-state index is -0.979. The third-order valence-corrected chi connectivity index (χ3v) is 4.23. The number of amides is 1. The largest absolute Gasteiger partial charge is 0.354 e. The fourth-order valence-corrected chi connectivity index (χ4v) is 2.52. The van der Waals surface area contributed by atoms with E-state index in [1.54, 1.807) is 18.2 Å². The van der Waals surface area contributed by atoms with Gasteiger partial charge in [0.2, 0.25) is 0 Å². The van der Waals surface area contributed by atoms with Crippen LogP contribution in [0.4, 0.5) is 25.8 Å². The lowest BCUT2D eigenvalue weighted by molar-refractivity contribution is 0.102. The number of hydrogen-bond acceptors (Lipinski definition) is 3. The van der Waals surface area contributed by atoms with Gasteiger partial charge in [-0.1, -0.05) is 29.3 Å². The number of aromatic nitrogens is 1. The van der Waals surface area contributed by atoms with Crippen molar-refractivity contribution in [1.82, 2.24) is 4.98 Å². The predicted molar refractivity (Wildman–Crippen MR) is 98.3 cm³/mol. The SMILES string of the molecule is O=C(Nc1cccc(Cl)c1Cl)c1cncc(Nc2ccc(F)c(F)c2)c1. The quantitative estimate of drug-likeness (QED) is 0.600. The number of nitrogens with one attached hydrogen (secondary N) is 2. The van der Waals surface area contributed by atoms with Crippen molar-refractivity contribution in [2.24, 2.45) is 0 Å². The van der Waals surface area contributed by atoms with E-state index in [0.29, 0.717) is 22.1 Å². The molecule has 0 aliphatic carbocycles. The van der Waals surface area contributed by atoms with Crippen LogP contribution < -0.4 is 10.6 Å². The molecule has 0 spiro atoms. The minimum absolute atomic E-state index is 0.228. The van der Waals surface area contributed by atoms with Crippen molar-refractivity contribution in [3.05, 3.63) is 82.1 Å². The molecule has 0 aliphatic heterocycles. The fourth-order valence-electron chi connectivity index (χ4n) is 2.17. The molecule has 3 rings (SSSR count). The van der Waals surface area contributed by atoms with Gasteiger partial charge in [0.1, 0.15) is 0 Å². The summed E-state index contributed by atoms with van der Waals surface area (Å²) in [4.78, 5) is 16.4. The highest BCUT2D eigenvalue weighted by Crippen LogP contribution is 2.30. The first-order chi connectivity index (χ1) is 12.4. The Kier molecular flexibility index (Phi) is 5.35. The van der Waals surface area contributed by atoms with Gasteiger partial charge in [0.15, 0.2) is 11.6 Å². The Balaban J connectivity index is 1.79. The Hall–Kier alpha value is -2.70. The number of carbonyl (C=O) groups excluding carboxylic acids is 1. The molecule has 0 saturated heterocycles. The lowest BCUT2D eigenvalue weighted by Gasteiger charge is -2.10. The van der Waals surface area contributed by atoms with E-state index >= 15 is 0 Å². The molecule has 0 radical (unpaired) electrons. The third-order valence-electron chi connectivity index (χ3n) is 3.41. The van der Waals surface area contributed by atoms with E-state index in [9.17, 15) is 13.6 Å². The number of halogens is 4. The molecule has 2 N–H and O–H groups in total. The van der Waals surface area contributed by atoms with E-state index < -0.39 is 17.5 Å². The van der Waals surface area contributed by atoms with Crippen LogP contribution in [0.2, 0.25) is 10.0 Å². The summed E-state index contributed by atoms with van der Waals surface area (Å²) in [6.45, 7) is 0. The number of benzene rings is 2. The average molecular weight is 394 g/mol. The summed E-state index contributed by atoms with van der Waals surface area (Å²) < 4.78 is 26.3. The summed E-state index contributed by atoms with van der Waals surface area (Å²) in [7, 11) is 0. The van der Waals surface area contributed by atoms with Crippen LogP contribution in [-0.4, -0.2) is 10.9 Å². The van der Waals surface area contributed by atoms with Gasteiger partial charge in [-0.05, 0) is 30.3 Å². The molecule has 0 unspecified atom stereocenters. The summed E-state index contributed by atoms with van der Waals surface area (Å²) >= 11 is 12.0. The Morgan fingerprint density at radius 3 is 2.54 bits per heavy atom. The first-order valence-corrected chi connectivity index (χ1v) is 8.12. The Morgan fingerprint density at radius 1 is 0.962 bits per heavy atom. The minimum Gasteiger partial charge on any atom is -0.354 e. The Morgan fingerprint density at radius 2 is 1.77 bits per heavy atom. The standard InChI is InChI=1S/C18H11Cl2F2N3O/c19-13-2-1-3-16(17(13)20)25-18(26)10-6-12(9-23-8-10)24-11-4-5-14(21)15(22)7-11/h1-9,24H,(H,25,26). The summed E-state index contributed by atoms with van der Waals surface area (Å²) in [5.74, 6) is -2.37. The van der Waals surface area contributed by atoms with Gasteiger partial charge in [-0.2, -0.15) is 0 Å². The molecule has 0 bridgehead atoms. The van der Waals surface area contributed by atoms with Gasteiger partial charge in [-0.15, -0.1) is 0 Å². The molecule has 8 heteroatoms. The second kappa shape index (κ2) is 7.68. The Bertz CT molecular complexity index is 982. The van der Waals surface area contributed by atoms with Crippen molar-refractivity contribution in [2.45, 2.75) is 0 Å². The lowest BCUT2D eigenvalue weighted by atomic mass is 10.2. The van der Waals surface area contributed by atoms with Gasteiger partial charge >= 0.3 is 0 Å². The van der Waals surface area contributed by atoms with Gasteiger partial charge < -0.3 is 10.6 Å². The van der Waals surface area contributed by atoms with Gasteiger partial charge in [0.05, 0.1) is 33.2 Å². The van der Waals surface area contributed by atoms with Crippen LogP contribution in [0, 0.1) is 11.6 Å². The van der Waals surface area contributed by atoms with E-state index in [0.717, 1.165) is 12.1 Å². The van der Waals surface area contributed by atoms with E-state index in [1.165, 1.54) is 24.5 Å². The molecule has 0 aliphatic rings. The highest BCUT2D eigenvalue weighted by Gasteiger charge is 2.12. The monoisotopic (exact) mass is 393 g/mol. The predicted octanol–water partition coefficient (Wildman–Crippen LogP) is 5.66. The van der Waals surface area contributed by atoms with Gasteiger partial charge in [-0.25, -0.2) is 8.78 Å². The van der Waals surface area contributed by atoms with E-state index in [1.807, 2.05) is 0 Å². The molecule has 3 aromatic rings. The molecular formula is C18H11Cl2F2N3O.